The first-order valence-corrected chi connectivity index (χ1v) is 9.37. The third kappa shape index (κ3) is 5.00. The number of pyridine rings is 1. The molecule has 0 spiro atoms. The van der Waals surface area contributed by atoms with Crippen molar-refractivity contribution in [2.24, 2.45) is 0 Å². The van der Waals surface area contributed by atoms with Gasteiger partial charge in [-0.1, -0.05) is 0 Å². The fraction of sp³-hybridized carbons (Fsp3) is 0.350. The normalized spacial score (nSPS) is 11.6. The minimum Gasteiger partial charge on any atom is -0.406 e. The van der Waals surface area contributed by atoms with Gasteiger partial charge in [0.05, 0.1) is 11.8 Å². The zero-order valence-corrected chi connectivity index (χ0v) is 16.6. The molecule has 0 aliphatic carbocycles. The van der Waals surface area contributed by atoms with Crippen molar-refractivity contribution in [1.82, 2.24) is 19.9 Å². The molecule has 10 heteroatoms. The molecule has 2 aromatic heterocycles. The van der Waals surface area contributed by atoms with Crippen LogP contribution < -0.4 is 15.8 Å². The van der Waals surface area contributed by atoms with Gasteiger partial charge in [-0.25, -0.2) is 9.97 Å². The maximum atomic E-state index is 12.2. The Hall–Kier alpha value is -3.30. The number of fused-ring (bicyclic) bond motifs is 1. The lowest BCUT2D eigenvalue weighted by Gasteiger charge is -2.10. The van der Waals surface area contributed by atoms with Gasteiger partial charge in [0.1, 0.15) is 11.3 Å². The van der Waals surface area contributed by atoms with E-state index in [1.54, 1.807) is 6.33 Å². The summed E-state index contributed by atoms with van der Waals surface area (Å²) < 4.78 is 42.3. The second kappa shape index (κ2) is 8.60. The minimum atomic E-state index is -4.76. The quantitative estimate of drug-likeness (QED) is 0.567. The Morgan fingerprint density at radius 3 is 2.57 bits per heavy atom. The summed E-state index contributed by atoms with van der Waals surface area (Å²) in [6, 6.07) is 4.80. The van der Waals surface area contributed by atoms with Crippen molar-refractivity contribution in [3.63, 3.8) is 0 Å². The number of halogens is 3. The number of nitrogen functional groups attached to an aromatic ring is 1. The monoisotopic (exact) mass is 421 g/mol. The SMILES string of the molecule is Cc1nc(N)c2ncn(CCCCNC(=O)c3ccc(OC(F)(F)F)cc3)c2c1C. The standard InChI is InChI=1S/C20H22F3N5O2/c1-12-13(2)27-18(24)16-17(12)28(11-26-16)10-4-3-9-25-19(29)14-5-7-15(8-6-14)30-20(21,22)23/h5-8,11H,3-4,9-10H2,1-2H3,(H2,24,27)(H,25,29). The molecule has 0 saturated carbocycles. The van der Waals surface area contributed by atoms with Gasteiger partial charge in [0.25, 0.3) is 5.91 Å². The Kier molecular flexibility index (Phi) is 6.14. The van der Waals surface area contributed by atoms with E-state index >= 15 is 0 Å². The number of anilines is 1. The molecular formula is C20H22F3N5O2. The first kappa shape index (κ1) is 21.4. The van der Waals surface area contributed by atoms with Crippen molar-refractivity contribution < 1.29 is 22.7 Å². The molecule has 1 aromatic carbocycles. The van der Waals surface area contributed by atoms with E-state index in [-0.39, 0.29) is 17.2 Å². The van der Waals surface area contributed by atoms with E-state index in [0.717, 1.165) is 41.7 Å². The van der Waals surface area contributed by atoms with Gasteiger partial charge in [0.15, 0.2) is 5.82 Å². The highest BCUT2D eigenvalue weighted by atomic mass is 19.4. The van der Waals surface area contributed by atoms with Crippen molar-refractivity contribution in [1.29, 1.82) is 0 Å². The number of imidazole rings is 1. The van der Waals surface area contributed by atoms with Gasteiger partial charge in [0, 0.05) is 24.3 Å². The first-order chi connectivity index (χ1) is 14.2. The van der Waals surface area contributed by atoms with Crippen LogP contribution in [0.15, 0.2) is 30.6 Å². The molecule has 7 nitrogen and oxygen atoms in total. The Labute approximate surface area is 171 Å². The summed E-state index contributed by atoms with van der Waals surface area (Å²) in [7, 11) is 0. The number of carbonyl (C=O) groups is 1. The molecule has 30 heavy (non-hydrogen) atoms. The number of hydrogen-bond acceptors (Lipinski definition) is 5. The first-order valence-electron chi connectivity index (χ1n) is 9.37. The van der Waals surface area contributed by atoms with Crippen LogP contribution in [-0.2, 0) is 6.54 Å². The molecule has 0 radical (unpaired) electrons. The summed E-state index contributed by atoms with van der Waals surface area (Å²) in [6.07, 6.45) is -1.51. The van der Waals surface area contributed by atoms with Crippen LogP contribution in [0.2, 0.25) is 0 Å². The number of aryl methyl sites for hydroxylation is 3. The Balaban J connectivity index is 1.49. The number of hydrogen-bond donors (Lipinski definition) is 2. The van der Waals surface area contributed by atoms with Crippen molar-refractivity contribution in [2.75, 3.05) is 12.3 Å². The summed E-state index contributed by atoms with van der Waals surface area (Å²) in [6.45, 7) is 5.03. The molecule has 0 aliphatic heterocycles. The van der Waals surface area contributed by atoms with Gasteiger partial charge < -0.3 is 20.4 Å². The molecule has 1 amide bonds. The van der Waals surface area contributed by atoms with Crippen LogP contribution in [0.25, 0.3) is 11.0 Å². The number of nitrogens with two attached hydrogens (primary N) is 1. The molecule has 0 atom stereocenters. The number of nitrogens with one attached hydrogen (secondary N) is 1. The third-order valence-electron chi connectivity index (χ3n) is 4.73. The van der Waals surface area contributed by atoms with Gasteiger partial charge in [-0.3, -0.25) is 4.79 Å². The van der Waals surface area contributed by atoms with Crippen LogP contribution in [0.5, 0.6) is 5.75 Å². The van der Waals surface area contributed by atoms with Crippen molar-refractivity contribution in [3.05, 3.63) is 47.4 Å². The number of benzene rings is 1. The van der Waals surface area contributed by atoms with Crippen molar-refractivity contribution in [3.8, 4) is 5.75 Å². The van der Waals surface area contributed by atoms with E-state index in [4.69, 9.17) is 5.73 Å². The van der Waals surface area contributed by atoms with Gasteiger partial charge in [-0.05, 0) is 56.5 Å². The van der Waals surface area contributed by atoms with Crippen LogP contribution in [0.1, 0.15) is 34.5 Å². The highest BCUT2D eigenvalue weighted by Crippen LogP contribution is 2.24. The van der Waals surface area contributed by atoms with E-state index in [0.29, 0.717) is 24.4 Å². The molecule has 3 aromatic rings. The van der Waals surface area contributed by atoms with Crippen LogP contribution in [0.3, 0.4) is 0 Å². The van der Waals surface area contributed by atoms with E-state index in [1.807, 2.05) is 18.4 Å². The van der Waals surface area contributed by atoms with Gasteiger partial charge >= 0.3 is 6.36 Å². The molecule has 3 N–H and O–H groups in total. The number of alkyl halides is 3. The van der Waals surface area contributed by atoms with Crippen LogP contribution in [0, 0.1) is 13.8 Å². The molecule has 0 aliphatic rings. The highest BCUT2D eigenvalue weighted by molar-refractivity contribution is 5.94. The average molecular weight is 421 g/mol. The smallest absolute Gasteiger partial charge is 0.406 e. The fourth-order valence-electron chi connectivity index (χ4n) is 3.14. The van der Waals surface area contributed by atoms with Gasteiger partial charge in [0.2, 0.25) is 0 Å². The molecule has 0 bridgehead atoms. The summed E-state index contributed by atoms with van der Waals surface area (Å²) in [4.78, 5) is 20.7. The van der Waals surface area contributed by atoms with Crippen molar-refractivity contribution >= 4 is 22.8 Å². The number of amides is 1. The summed E-state index contributed by atoms with van der Waals surface area (Å²) in [5.74, 6) is -0.314. The maximum Gasteiger partial charge on any atom is 0.573 e. The van der Waals surface area contributed by atoms with Crippen molar-refractivity contribution in [2.45, 2.75) is 39.6 Å². The topological polar surface area (TPSA) is 95.1 Å². The average Bonchev–Trinajstić information content (AvgIpc) is 3.10. The van der Waals surface area contributed by atoms with E-state index in [9.17, 15) is 18.0 Å². The number of carbonyl (C=O) groups excluding carboxylic acids is 1. The highest BCUT2D eigenvalue weighted by Gasteiger charge is 2.31. The zero-order chi connectivity index (χ0) is 21.9. The van der Waals surface area contributed by atoms with Crippen LogP contribution in [-0.4, -0.2) is 33.3 Å². The summed E-state index contributed by atoms with van der Waals surface area (Å²) in [5, 5.41) is 2.76. The predicted octanol–water partition coefficient (Wildman–Crippen LogP) is 3.74. The summed E-state index contributed by atoms with van der Waals surface area (Å²) >= 11 is 0. The molecule has 160 valence electrons. The Bertz CT molecular complexity index is 1050. The molecule has 0 fully saturated rings. The lowest BCUT2D eigenvalue weighted by Crippen LogP contribution is -2.24. The summed E-state index contributed by atoms with van der Waals surface area (Å²) in [5.41, 5.74) is 9.75. The van der Waals surface area contributed by atoms with Gasteiger partial charge in [-0.2, -0.15) is 0 Å². The number of unbranched alkanes of at least 4 members (excludes halogenated alkanes) is 1. The molecular weight excluding hydrogens is 399 g/mol. The second-order valence-electron chi connectivity index (χ2n) is 6.88. The van der Waals surface area contributed by atoms with Gasteiger partial charge in [-0.15, -0.1) is 13.2 Å². The molecule has 0 saturated heterocycles. The zero-order valence-electron chi connectivity index (χ0n) is 16.6. The number of aromatic nitrogens is 3. The third-order valence-corrected chi connectivity index (χ3v) is 4.73. The Morgan fingerprint density at radius 2 is 1.90 bits per heavy atom. The molecule has 3 rings (SSSR count). The predicted molar refractivity (Wildman–Crippen MR) is 106 cm³/mol. The maximum absolute atomic E-state index is 12.2. The van der Waals surface area contributed by atoms with Crippen LogP contribution in [0.4, 0.5) is 19.0 Å². The largest absolute Gasteiger partial charge is 0.573 e. The molecule has 2 heterocycles. The molecule has 0 unspecified atom stereocenters. The number of ether oxygens (including phenoxy) is 1. The Morgan fingerprint density at radius 1 is 1.20 bits per heavy atom. The minimum absolute atomic E-state index is 0.263. The second-order valence-corrected chi connectivity index (χ2v) is 6.88. The lowest BCUT2D eigenvalue weighted by atomic mass is 10.2. The number of nitrogens with zero attached hydrogens (tertiary/aromatic N) is 3. The van der Waals surface area contributed by atoms with Crippen LogP contribution >= 0.6 is 0 Å². The van der Waals surface area contributed by atoms with E-state index in [2.05, 4.69) is 20.0 Å². The van der Waals surface area contributed by atoms with E-state index < -0.39 is 6.36 Å². The fourth-order valence-corrected chi connectivity index (χ4v) is 3.14. The number of rotatable bonds is 7. The lowest BCUT2D eigenvalue weighted by molar-refractivity contribution is -0.274. The van der Waals surface area contributed by atoms with E-state index in [1.165, 1.54) is 12.1 Å².